The summed E-state index contributed by atoms with van der Waals surface area (Å²) >= 11 is 3.30. The molecule has 0 radical (unpaired) electrons. The van der Waals surface area contributed by atoms with Gasteiger partial charge >= 0.3 is 0 Å². The molecular formula is C20H23IN4O5S. The molecule has 3 aromatic rings. The Morgan fingerprint density at radius 3 is 2.45 bits per heavy atom. The minimum atomic E-state index is 0.383. The maximum atomic E-state index is 5.60. The van der Waals surface area contributed by atoms with Crippen LogP contribution in [0.2, 0.25) is 0 Å². The number of benzene rings is 2. The van der Waals surface area contributed by atoms with Gasteiger partial charge in [-0.05, 0) is 64.6 Å². The van der Waals surface area contributed by atoms with E-state index in [4.69, 9.17) is 20.1 Å². The fourth-order valence-electron chi connectivity index (χ4n) is 2.52. The van der Waals surface area contributed by atoms with Crippen LogP contribution in [-0.2, 0) is 31.9 Å². The lowest BCUT2D eigenvalue weighted by atomic mass is 10.2. The van der Waals surface area contributed by atoms with Gasteiger partial charge in [-0.25, -0.2) is 4.68 Å². The van der Waals surface area contributed by atoms with E-state index >= 15 is 0 Å². The SMILES string of the molecule is NOOSc1ccc(Cn2cc(COCCOCCOc3ccc(I)cc3)nn2)cc1. The average molecular weight is 558 g/mol. The van der Waals surface area contributed by atoms with Gasteiger partial charge in [-0.2, -0.15) is 5.90 Å². The molecule has 1 heterocycles. The lowest BCUT2D eigenvalue weighted by molar-refractivity contribution is -0.195. The molecule has 2 N–H and O–H groups in total. The molecule has 0 aliphatic rings. The third-order valence-corrected chi connectivity index (χ3v) is 5.29. The molecule has 0 aliphatic carbocycles. The largest absolute Gasteiger partial charge is 0.491 e. The maximum Gasteiger partial charge on any atom is 0.119 e. The van der Waals surface area contributed by atoms with Gasteiger partial charge in [0.15, 0.2) is 0 Å². The molecule has 2 aromatic carbocycles. The van der Waals surface area contributed by atoms with E-state index < -0.39 is 0 Å². The van der Waals surface area contributed by atoms with E-state index in [1.54, 1.807) is 4.68 Å². The molecule has 0 bridgehead atoms. The van der Waals surface area contributed by atoms with E-state index in [0.717, 1.165) is 33.9 Å². The summed E-state index contributed by atoms with van der Waals surface area (Å²) in [5, 5.41) is 8.26. The van der Waals surface area contributed by atoms with E-state index in [-0.39, 0.29) is 0 Å². The number of nitrogens with zero attached hydrogens (tertiary/aromatic N) is 3. The Balaban J connectivity index is 1.26. The zero-order chi connectivity index (χ0) is 21.7. The van der Waals surface area contributed by atoms with E-state index in [2.05, 4.69) is 42.2 Å². The molecule has 166 valence electrons. The molecule has 3 rings (SSSR count). The Labute approximate surface area is 198 Å². The third-order valence-electron chi connectivity index (χ3n) is 3.96. The van der Waals surface area contributed by atoms with Crippen molar-refractivity contribution in [3.05, 3.63) is 69.6 Å². The first kappa shape index (κ1) is 23.9. The first-order chi connectivity index (χ1) is 15.2. The van der Waals surface area contributed by atoms with Crippen molar-refractivity contribution in [1.82, 2.24) is 15.0 Å². The highest BCUT2D eigenvalue weighted by Crippen LogP contribution is 2.19. The minimum Gasteiger partial charge on any atom is -0.491 e. The molecule has 0 saturated heterocycles. The van der Waals surface area contributed by atoms with Crippen molar-refractivity contribution in [1.29, 1.82) is 0 Å². The molecule has 31 heavy (non-hydrogen) atoms. The molecule has 9 nitrogen and oxygen atoms in total. The monoisotopic (exact) mass is 558 g/mol. The summed E-state index contributed by atoms with van der Waals surface area (Å²) in [7, 11) is 0. The van der Waals surface area contributed by atoms with Crippen LogP contribution in [0.25, 0.3) is 0 Å². The Bertz CT molecular complexity index is 895. The molecular weight excluding hydrogens is 535 g/mol. The van der Waals surface area contributed by atoms with Crippen molar-refractivity contribution in [2.75, 3.05) is 26.4 Å². The number of ether oxygens (including phenoxy) is 3. The van der Waals surface area contributed by atoms with Crippen LogP contribution in [0.15, 0.2) is 59.6 Å². The average Bonchev–Trinajstić information content (AvgIpc) is 3.23. The van der Waals surface area contributed by atoms with Crippen LogP contribution < -0.4 is 10.6 Å². The molecule has 0 saturated carbocycles. The summed E-state index contributed by atoms with van der Waals surface area (Å²) in [4.78, 5) is 4.95. The summed E-state index contributed by atoms with van der Waals surface area (Å²) < 4.78 is 24.3. The van der Waals surface area contributed by atoms with Gasteiger partial charge in [-0.3, -0.25) is 0 Å². The second kappa shape index (κ2) is 13.6. The summed E-state index contributed by atoms with van der Waals surface area (Å²) in [6.45, 7) is 2.97. The summed E-state index contributed by atoms with van der Waals surface area (Å²) in [6, 6.07) is 15.7. The Morgan fingerprint density at radius 2 is 1.68 bits per heavy atom. The second-order valence-electron chi connectivity index (χ2n) is 6.27. The van der Waals surface area contributed by atoms with Crippen molar-refractivity contribution < 1.29 is 23.5 Å². The van der Waals surface area contributed by atoms with Crippen LogP contribution in [0.5, 0.6) is 5.75 Å². The van der Waals surface area contributed by atoms with Crippen LogP contribution in [0.4, 0.5) is 0 Å². The standard InChI is InChI=1S/C20H23IN4O5S/c21-17-3-5-19(6-4-17)28-12-11-26-9-10-27-15-18-14-25(24-23-18)13-16-1-7-20(8-2-16)31-30-29-22/h1-8,14H,9-13,15,22H2. The molecule has 0 atom stereocenters. The van der Waals surface area contributed by atoms with Crippen LogP contribution in [0, 0.1) is 3.57 Å². The predicted molar refractivity (Wildman–Crippen MR) is 123 cm³/mol. The fraction of sp³-hybridized carbons (Fsp3) is 0.300. The molecule has 0 spiro atoms. The smallest absolute Gasteiger partial charge is 0.119 e. The summed E-state index contributed by atoms with van der Waals surface area (Å²) in [6.07, 6.45) is 1.86. The fourth-order valence-corrected chi connectivity index (χ4v) is 3.25. The molecule has 11 heteroatoms. The summed E-state index contributed by atoms with van der Waals surface area (Å²) in [5.41, 5.74) is 1.85. The second-order valence-corrected chi connectivity index (χ2v) is 8.29. The first-order valence-electron chi connectivity index (χ1n) is 9.45. The van der Waals surface area contributed by atoms with Gasteiger partial charge in [-0.15, -0.1) is 14.4 Å². The van der Waals surface area contributed by atoms with E-state index in [0.29, 0.717) is 39.6 Å². The van der Waals surface area contributed by atoms with Crippen molar-refractivity contribution in [2.24, 2.45) is 5.90 Å². The number of rotatable bonds is 14. The van der Waals surface area contributed by atoms with Gasteiger partial charge in [0.25, 0.3) is 0 Å². The van der Waals surface area contributed by atoms with Crippen LogP contribution in [-0.4, -0.2) is 41.4 Å². The molecule has 0 unspecified atom stereocenters. The van der Waals surface area contributed by atoms with E-state index in [1.807, 2.05) is 54.7 Å². The lowest BCUT2D eigenvalue weighted by Crippen LogP contribution is -2.10. The van der Waals surface area contributed by atoms with Crippen LogP contribution >= 0.6 is 34.6 Å². The molecule has 0 fully saturated rings. The van der Waals surface area contributed by atoms with Gasteiger partial charge in [-0.1, -0.05) is 17.3 Å². The van der Waals surface area contributed by atoms with Crippen LogP contribution in [0.1, 0.15) is 11.3 Å². The number of halogens is 1. The van der Waals surface area contributed by atoms with Gasteiger partial charge < -0.3 is 14.2 Å². The van der Waals surface area contributed by atoms with Gasteiger partial charge in [0, 0.05) is 8.47 Å². The number of hydrogen-bond donors (Lipinski definition) is 1. The number of aromatic nitrogens is 3. The normalized spacial score (nSPS) is 11.0. The highest BCUT2D eigenvalue weighted by Gasteiger charge is 2.03. The van der Waals surface area contributed by atoms with Gasteiger partial charge in [0.1, 0.15) is 18.1 Å². The summed E-state index contributed by atoms with van der Waals surface area (Å²) in [5.74, 6) is 5.66. The minimum absolute atomic E-state index is 0.383. The van der Waals surface area contributed by atoms with E-state index in [9.17, 15) is 0 Å². The lowest BCUT2D eigenvalue weighted by Gasteiger charge is -2.07. The quantitative estimate of drug-likeness (QED) is 0.105. The highest BCUT2D eigenvalue weighted by atomic mass is 127. The topological polar surface area (TPSA) is 103 Å². The van der Waals surface area contributed by atoms with Crippen molar-refractivity contribution >= 4 is 34.6 Å². The number of hydrogen-bond acceptors (Lipinski definition) is 9. The molecule has 0 aliphatic heterocycles. The predicted octanol–water partition coefficient (Wildman–Crippen LogP) is 3.37. The van der Waals surface area contributed by atoms with Crippen LogP contribution in [0.3, 0.4) is 0 Å². The maximum absolute atomic E-state index is 5.60. The van der Waals surface area contributed by atoms with Gasteiger partial charge in [0.05, 0.1) is 51.2 Å². The first-order valence-corrected chi connectivity index (χ1v) is 11.3. The van der Waals surface area contributed by atoms with Gasteiger partial charge in [0.2, 0.25) is 0 Å². The van der Waals surface area contributed by atoms with Crippen molar-refractivity contribution in [3.63, 3.8) is 0 Å². The Hall–Kier alpha value is -1.74. The molecule has 0 amide bonds. The zero-order valence-corrected chi connectivity index (χ0v) is 19.7. The Morgan fingerprint density at radius 1 is 0.935 bits per heavy atom. The third kappa shape index (κ3) is 9.11. The van der Waals surface area contributed by atoms with Crippen molar-refractivity contribution in [3.8, 4) is 5.75 Å². The molecule has 1 aromatic heterocycles. The van der Waals surface area contributed by atoms with Crippen molar-refractivity contribution in [2.45, 2.75) is 18.0 Å². The number of nitrogens with two attached hydrogens (primary N) is 1. The van der Waals surface area contributed by atoms with E-state index in [1.165, 1.54) is 3.57 Å². The highest BCUT2D eigenvalue weighted by molar-refractivity contribution is 14.1. The zero-order valence-electron chi connectivity index (χ0n) is 16.7. The Kier molecular flexibility index (Phi) is 10.5.